The predicted molar refractivity (Wildman–Crippen MR) is 127 cm³/mol. The first-order valence-corrected chi connectivity index (χ1v) is 11.1. The van der Waals surface area contributed by atoms with Crippen molar-refractivity contribution in [2.75, 3.05) is 26.0 Å². The molecule has 0 aliphatic carbocycles. The van der Waals surface area contributed by atoms with E-state index in [2.05, 4.69) is 50.6 Å². The highest BCUT2D eigenvalue weighted by molar-refractivity contribution is 7.10. The van der Waals surface area contributed by atoms with Gasteiger partial charge >= 0.3 is 0 Å². The van der Waals surface area contributed by atoms with E-state index in [1.54, 1.807) is 25.5 Å². The molecule has 1 unspecified atom stereocenters. The van der Waals surface area contributed by atoms with E-state index in [1.807, 2.05) is 30.3 Å². The van der Waals surface area contributed by atoms with Gasteiger partial charge in [0.25, 0.3) is 0 Å². The van der Waals surface area contributed by atoms with Crippen molar-refractivity contribution in [1.82, 2.24) is 10.6 Å². The molecule has 4 rings (SSSR count). The Morgan fingerprint density at radius 3 is 2.74 bits per heavy atom. The molecular weight excluding hydrogens is 408 g/mol. The zero-order chi connectivity index (χ0) is 21.6. The lowest BCUT2D eigenvalue weighted by Crippen LogP contribution is -2.40. The van der Waals surface area contributed by atoms with Crippen LogP contribution in [0, 0.1) is 0 Å². The molecule has 3 N–H and O–H groups in total. The average molecular weight is 435 g/mol. The van der Waals surface area contributed by atoms with Crippen LogP contribution in [0.25, 0.3) is 11.1 Å². The first-order chi connectivity index (χ1) is 15.2. The third kappa shape index (κ3) is 5.06. The molecular formula is C24H26N4O2S. The zero-order valence-electron chi connectivity index (χ0n) is 17.6. The van der Waals surface area contributed by atoms with Crippen molar-refractivity contribution in [2.45, 2.75) is 18.9 Å². The summed E-state index contributed by atoms with van der Waals surface area (Å²) in [4.78, 5) is 17.6. The number of aliphatic imine (C=N–C) groups is 1. The second kappa shape index (κ2) is 9.66. The molecule has 160 valence electrons. The SMILES string of the molecule is CN=C(NCc1cc(-c2ccc(OC)cc2)cs1)NCC1CC(=O)Nc2ccccc21. The monoisotopic (exact) mass is 434 g/mol. The third-order valence-electron chi connectivity index (χ3n) is 5.35. The number of hydrogen-bond donors (Lipinski definition) is 3. The summed E-state index contributed by atoms with van der Waals surface area (Å²) in [6.45, 7) is 1.33. The van der Waals surface area contributed by atoms with Gasteiger partial charge in [-0.1, -0.05) is 30.3 Å². The lowest BCUT2D eigenvalue weighted by molar-refractivity contribution is -0.116. The van der Waals surface area contributed by atoms with Crippen molar-refractivity contribution < 1.29 is 9.53 Å². The molecule has 1 amide bonds. The van der Waals surface area contributed by atoms with Gasteiger partial charge in [-0.05, 0) is 46.3 Å². The number of carbonyl (C=O) groups excluding carboxylic acids is 1. The number of methoxy groups -OCH3 is 1. The summed E-state index contributed by atoms with van der Waals surface area (Å²) in [5.41, 5.74) is 4.42. The summed E-state index contributed by atoms with van der Waals surface area (Å²) in [6, 6.07) is 18.2. The number of nitrogens with one attached hydrogen (secondary N) is 3. The quantitative estimate of drug-likeness (QED) is 0.401. The van der Waals surface area contributed by atoms with Crippen molar-refractivity contribution in [3.8, 4) is 16.9 Å². The number of hydrogen-bond acceptors (Lipinski definition) is 4. The van der Waals surface area contributed by atoms with Gasteiger partial charge in [-0.2, -0.15) is 0 Å². The van der Waals surface area contributed by atoms with Gasteiger partial charge in [0.15, 0.2) is 5.96 Å². The standard InChI is InChI=1S/C24H26N4O2S/c1-25-24(26-13-17-12-23(29)28-22-6-4-3-5-21(17)22)27-14-20-11-18(15-31-20)16-7-9-19(30-2)10-8-16/h3-11,15,17H,12-14H2,1-2H3,(H,28,29)(H2,25,26,27). The Bertz CT molecular complexity index is 1080. The summed E-state index contributed by atoms with van der Waals surface area (Å²) < 4.78 is 5.23. The summed E-state index contributed by atoms with van der Waals surface area (Å²) in [5, 5.41) is 11.8. The fourth-order valence-electron chi connectivity index (χ4n) is 3.70. The number of ether oxygens (including phenoxy) is 1. The smallest absolute Gasteiger partial charge is 0.225 e. The van der Waals surface area contributed by atoms with Gasteiger partial charge in [0.05, 0.1) is 13.7 Å². The zero-order valence-corrected chi connectivity index (χ0v) is 18.5. The Morgan fingerprint density at radius 1 is 1.16 bits per heavy atom. The number of anilines is 1. The Hall–Kier alpha value is -3.32. The lowest BCUT2D eigenvalue weighted by Gasteiger charge is -2.26. The van der Waals surface area contributed by atoms with Crippen molar-refractivity contribution in [1.29, 1.82) is 0 Å². The molecule has 6 nitrogen and oxygen atoms in total. The van der Waals surface area contributed by atoms with Gasteiger partial charge < -0.3 is 20.7 Å². The van der Waals surface area contributed by atoms with E-state index in [1.165, 1.54) is 16.0 Å². The van der Waals surface area contributed by atoms with Crippen LogP contribution >= 0.6 is 11.3 Å². The Morgan fingerprint density at radius 2 is 1.97 bits per heavy atom. The molecule has 1 atom stereocenters. The molecule has 0 radical (unpaired) electrons. The first-order valence-electron chi connectivity index (χ1n) is 10.2. The molecule has 2 aromatic carbocycles. The lowest BCUT2D eigenvalue weighted by atomic mass is 9.90. The van der Waals surface area contributed by atoms with Gasteiger partial charge in [0.2, 0.25) is 5.91 Å². The second-order valence-corrected chi connectivity index (χ2v) is 8.37. The maximum atomic E-state index is 12.0. The summed E-state index contributed by atoms with van der Waals surface area (Å²) >= 11 is 1.71. The Labute approximate surface area is 186 Å². The number of guanidine groups is 1. The fraction of sp³-hybridized carbons (Fsp3) is 0.250. The van der Waals surface area contributed by atoms with Crippen LogP contribution in [-0.4, -0.2) is 32.6 Å². The van der Waals surface area contributed by atoms with E-state index >= 15 is 0 Å². The summed E-state index contributed by atoms with van der Waals surface area (Å²) in [5.74, 6) is 1.75. The number of amides is 1. The van der Waals surface area contributed by atoms with Crippen molar-refractivity contribution in [3.05, 3.63) is 70.4 Å². The minimum atomic E-state index is 0.0538. The second-order valence-electron chi connectivity index (χ2n) is 7.37. The van der Waals surface area contributed by atoms with Gasteiger partial charge in [-0.3, -0.25) is 9.79 Å². The molecule has 1 aliphatic rings. The van der Waals surface area contributed by atoms with Crippen LogP contribution in [0.5, 0.6) is 5.75 Å². The predicted octanol–water partition coefficient (Wildman–Crippen LogP) is 4.21. The molecule has 0 fully saturated rings. The highest BCUT2D eigenvalue weighted by Crippen LogP contribution is 2.31. The molecule has 0 spiro atoms. The van der Waals surface area contributed by atoms with E-state index in [4.69, 9.17) is 4.74 Å². The topological polar surface area (TPSA) is 74.8 Å². The van der Waals surface area contributed by atoms with Crippen LogP contribution in [-0.2, 0) is 11.3 Å². The van der Waals surface area contributed by atoms with E-state index in [0.717, 1.165) is 23.0 Å². The van der Waals surface area contributed by atoms with Crippen LogP contribution in [0.15, 0.2) is 65.0 Å². The molecule has 2 heterocycles. The van der Waals surface area contributed by atoms with Crippen LogP contribution in [0.1, 0.15) is 22.8 Å². The summed E-state index contributed by atoms with van der Waals surface area (Å²) in [7, 11) is 3.43. The largest absolute Gasteiger partial charge is 0.497 e. The molecule has 1 aromatic heterocycles. The number of carbonyl (C=O) groups is 1. The average Bonchev–Trinajstić information content (AvgIpc) is 3.28. The minimum absolute atomic E-state index is 0.0538. The van der Waals surface area contributed by atoms with E-state index in [-0.39, 0.29) is 11.8 Å². The third-order valence-corrected chi connectivity index (χ3v) is 6.29. The molecule has 7 heteroatoms. The number of para-hydroxylation sites is 1. The molecule has 0 saturated heterocycles. The minimum Gasteiger partial charge on any atom is -0.497 e. The highest BCUT2D eigenvalue weighted by Gasteiger charge is 2.24. The van der Waals surface area contributed by atoms with Crippen molar-refractivity contribution >= 4 is 28.9 Å². The van der Waals surface area contributed by atoms with Crippen LogP contribution in [0.2, 0.25) is 0 Å². The van der Waals surface area contributed by atoms with Gasteiger partial charge in [-0.15, -0.1) is 11.3 Å². The van der Waals surface area contributed by atoms with Crippen molar-refractivity contribution in [3.63, 3.8) is 0 Å². The highest BCUT2D eigenvalue weighted by atomic mass is 32.1. The van der Waals surface area contributed by atoms with Crippen LogP contribution < -0.4 is 20.7 Å². The maximum absolute atomic E-state index is 12.0. The first kappa shape index (κ1) is 20.9. The Balaban J connectivity index is 1.33. The van der Waals surface area contributed by atoms with Crippen molar-refractivity contribution in [2.24, 2.45) is 4.99 Å². The number of thiophene rings is 1. The molecule has 31 heavy (non-hydrogen) atoms. The molecule has 1 aliphatic heterocycles. The van der Waals surface area contributed by atoms with E-state index in [9.17, 15) is 4.79 Å². The number of rotatable bonds is 6. The van der Waals surface area contributed by atoms with Gasteiger partial charge in [-0.25, -0.2) is 0 Å². The van der Waals surface area contributed by atoms with Crippen LogP contribution in [0.4, 0.5) is 5.69 Å². The Kier molecular flexibility index (Phi) is 6.52. The molecule has 0 bridgehead atoms. The number of fused-ring (bicyclic) bond motifs is 1. The summed E-state index contributed by atoms with van der Waals surface area (Å²) in [6.07, 6.45) is 0.469. The molecule has 3 aromatic rings. The van der Waals surface area contributed by atoms with Gasteiger partial charge in [0, 0.05) is 36.5 Å². The number of nitrogens with zero attached hydrogens (tertiary/aromatic N) is 1. The maximum Gasteiger partial charge on any atom is 0.225 e. The fourth-order valence-corrected chi connectivity index (χ4v) is 4.54. The van der Waals surface area contributed by atoms with Crippen LogP contribution in [0.3, 0.4) is 0 Å². The van der Waals surface area contributed by atoms with Gasteiger partial charge in [0.1, 0.15) is 5.75 Å². The molecule has 0 saturated carbocycles. The van der Waals surface area contributed by atoms with E-state index in [0.29, 0.717) is 19.5 Å². The number of benzene rings is 2. The normalized spacial score (nSPS) is 15.7. The van der Waals surface area contributed by atoms with E-state index < -0.39 is 0 Å².